The monoisotopic (exact) mass is 969 g/mol. The smallest absolute Gasteiger partial charge is 0.252 e. The minimum Gasteiger partial charge on any atom is -0.310 e. The van der Waals surface area contributed by atoms with Gasteiger partial charge in [-0.05, 0) is 203 Å². The molecule has 0 saturated carbocycles. The lowest BCUT2D eigenvalue weighted by Gasteiger charge is -2.49. The third kappa shape index (κ3) is 6.28. The van der Waals surface area contributed by atoms with Gasteiger partial charge in [0.2, 0.25) is 0 Å². The van der Waals surface area contributed by atoms with Crippen molar-refractivity contribution in [2.75, 3.05) is 9.80 Å². The van der Waals surface area contributed by atoms with Crippen molar-refractivity contribution < 1.29 is 0 Å². The summed E-state index contributed by atoms with van der Waals surface area (Å²) in [4.78, 5) is 5.64. The van der Waals surface area contributed by atoms with Gasteiger partial charge in [-0.2, -0.15) is 0 Å². The van der Waals surface area contributed by atoms with E-state index in [0.717, 1.165) is 38.5 Å². The summed E-state index contributed by atoms with van der Waals surface area (Å²) < 4.78 is 0. The third-order valence-electron chi connectivity index (χ3n) is 19.3. The first kappa shape index (κ1) is 45.1. The average Bonchev–Trinajstić information content (AvgIpc) is 3.46. The lowest BCUT2D eigenvalue weighted by atomic mass is 9.32. The number of aryl methyl sites for hydroxylation is 2. The lowest BCUT2D eigenvalue weighted by Crippen LogP contribution is -2.62. The predicted molar refractivity (Wildman–Crippen MR) is 325 cm³/mol. The minimum absolute atomic E-state index is 0.0334. The fraction of sp³-hybridized carbons (Fsp3) is 0.250. The Morgan fingerprint density at radius 1 is 0.373 bits per heavy atom. The number of anilines is 6. The van der Waals surface area contributed by atoms with E-state index < -0.39 is 0 Å². The van der Waals surface area contributed by atoms with Crippen molar-refractivity contribution in [3.05, 3.63) is 197 Å². The molecule has 2 aliphatic heterocycles. The van der Waals surface area contributed by atoms with Crippen LogP contribution in [-0.4, -0.2) is 6.71 Å². The highest BCUT2D eigenvalue weighted by Crippen LogP contribution is 2.55. The summed E-state index contributed by atoms with van der Waals surface area (Å²) in [5.74, 6) is 0. The van der Waals surface area contributed by atoms with Crippen molar-refractivity contribution in [2.45, 2.75) is 117 Å². The standard InChI is InChI=1S/C72H65BN2/c1-7-71(3,4)66-46-26-11-9-24-44(46)42-58-69(66)74(60-38-21-36-56-52-30-15-13-28-48(52)50-32-17-19-34-54(50)64(56)60)62-40-23-41-63-68(62)73(58)59-43-45-25-10-12-27-47(45)67(72(5,6)8-2)70(59)75(63)61-39-22-37-57-53-31-16-14-29-49(53)51-33-18-20-35-55(51)65(57)61/h13-23,28-43H,7-12,24-27H2,1-6H3. The molecule has 75 heavy (non-hydrogen) atoms. The SMILES string of the molecule is CCC(C)(C)c1c2c(cc3c1N(c1cccc4c5ccccc5c5ccccc5c14)c1cccc4c1B3c1cc3c(c(C(C)(C)CC)c1N4c1cccc4c5ccccc5c5ccccc5c14)CCCC3)CCCC2. The van der Waals surface area contributed by atoms with Gasteiger partial charge in [-0.15, -0.1) is 0 Å². The molecule has 0 aromatic heterocycles. The molecule has 2 nitrogen and oxygen atoms in total. The van der Waals surface area contributed by atoms with Gasteiger partial charge in [-0.25, -0.2) is 0 Å². The Morgan fingerprint density at radius 3 is 1.05 bits per heavy atom. The molecule has 0 atom stereocenters. The molecule has 4 aliphatic rings. The first-order chi connectivity index (χ1) is 36.7. The number of fused-ring (bicyclic) bond motifs is 18. The fourth-order valence-corrected chi connectivity index (χ4v) is 15.3. The van der Waals surface area contributed by atoms with Crippen molar-refractivity contribution in [3.8, 4) is 0 Å². The van der Waals surface area contributed by atoms with Gasteiger partial charge in [-0.1, -0.05) is 181 Å². The van der Waals surface area contributed by atoms with E-state index in [9.17, 15) is 0 Å². The quantitative estimate of drug-likeness (QED) is 0.121. The number of rotatable bonds is 6. The lowest BCUT2D eigenvalue weighted by molar-refractivity contribution is 0.496. The van der Waals surface area contributed by atoms with Crippen LogP contribution in [0.5, 0.6) is 0 Å². The molecule has 2 aliphatic carbocycles. The summed E-state index contributed by atoms with van der Waals surface area (Å²) in [6.07, 6.45) is 11.6. The molecule has 366 valence electrons. The van der Waals surface area contributed by atoms with Gasteiger partial charge < -0.3 is 9.80 Å². The molecular weight excluding hydrogens is 904 g/mol. The van der Waals surface area contributed by atoms with Crippen LogP contribution in [0.25, 0.3) is 64.6 Å². The number of hydrogen-bond acceptors (Lipinski definition) is 2. The predicted octanol–water partition coefficient (Wildman–Crippen LogP) is 17.8. The van der Waals surface area contributed by atoms with Crippen molar-refractivity contribution in [3.63, 3.8) is 0 Å². The van der Waals surface area contributed by atoms with Crippen LogP contribution in [0.3, 0.4) is 0 Å². The van der Waals surface area contributed by atoms with Gasteiger partial charge in [0.15, 0.2) is 0 Å². The second-order valence-electron chi connectivity index (χ2n) is 23.9. The fourth-order valence-electron chi connectivity index (χ4n) is 15.3. The molecule has 0 radical (unpaired) electrons. The molecule has 0 bridgehead atoms. The second-order valence-corrected chi connectivity index (χ2v) is 23.9. The Morgan fingerprint density at radius 2 is 0.680 bits per heavy atom. The Balaban J connectivity index is 1.15. The normalized spacial score (nSPS) is 15.2. The Hall–Kier alpha value is -7.36. The van der Waals surface area contributed by atoms with Crippen LogP contribution in [0.15, 0.2) is 164 Å². The van der Waals surface area contributed by atoms with Crippen molar-refractivity contribution in [2.24, 2.45) is 0 Å². The molecule has 2 heterocycles. The average molecular weight is 969 g/mol. The molecule has 11 aromatic rings. The summed E-state index contributed by atoms with van der Waals surface area (Å²) >= 11 is 0. The molecule has 0 saturated heterocycles. The number of hydrogen-bond donors (Lipinski definition) is 0. The summed E-state index contributed by atoms with van der Waals surface area (Å²) in [6.45, 7) is 15.1. The van der Waals surface area contributed by atoms with Crippen LogP contribution in [0.2, 0.25) is 0 Å². The second kappa shape index (κ2) is 16.6. The van der Waals surface area contributed by atoms with E-state index in [-0.39, 0.29) is 17.5 Å². The van der Waals surface area contributed by atoms with E-state index in [2.05, 4.69) is 215 Å². The molecular formula is C72H65BN2. The van der Waals surface area contributed by atoms with Gasteiger partial charge in [-0.3, -0.25) is 0 Å². The summed E-state index contributed by atoms with van der Waals surface area (Å²) in [5, 5.41) is 15.8. The van der Waals surface area contributed by atoms with Crippen LogP contribution in [0, 0.1) is 0 Å². The zero-order valence-corrected chi connectivity index (χ0v) is 44.6. The molecule has 0 spiro atoms. The highest BCUT2D eigenvalue weighted by Gasteiger charge is 2.49. The maximum atomic E-state index is 2.82. The van der Waals surface area contributed by atoms with Gasteiger partial charge in [0, 0.05) is 33.5 Å². The largest absolute Gasteiger partial charge is 0.310 e. The molecule has 0 N–H and O–H groups in total. The highest BCUT2D eigenvalue weighted by atomic mass is 15.2. The van der Waals surface area contributed by atoms with Crippen LogP contribution < -0.4 is 26.2 Å². The van der Waals surface area contributed by atoms with Crippen LogP contribution in [0.4, 0.5) is 34.1 Å². The Bertz CT molecular complexity index is 3890. The van der Waals surface area contributed by atoms with E-state index in [1.165, 1.54) is 141 Å². The summed E-state index contributed by atoms with van der Waals surface area (Å²) in [5.41, 5.74) is 21.7. The maximum absolute atomic E-state index is 2.82. The highest BCUT2D eigenvalue weighted by molar-refractivity contribution is 7.00. The van der Waals surface area contributed by atoms with Crippen LogP contribution >= 0.6 is 0 Å². The summed E-state index contributed by atoms with van der Waals surface area (Å²) in [7, 11) is 0. The zero-order valence-electron chi connectivity index (χ0n) is 44.6. The maximum Gasteiger partial charge on any atom is 0.252 e. The molecule has 0 fully saturated rings. The minimum atomic E-state index is -0.0823. The van der Waals surface area contributed by atoms with Crippen LogP contribution in [0.1, 0.15) is 113 Å². The van der Waals surface area contributed by atoms with Crippen molar-refractivity contribution in [1.29, 1.82) is 0 Å². The Kier molecular flexibility index (Phi) is 9.96. The van der Waals surface area contributed by atoms with Crippen molar-refractivity contribution >= 4 is 122 Å². The zero-order chi connectivity index (χ0) is 50.5. The summed E-state index contributed by atoms with van der Waals surface area (Å²) in [6, 6.07) is 64.0. The van der Waals surface area contributed by atoms with Crippen LogP contribution in [-0.2, 0) is 36.5 Å². The first-order valence-electron chi connectivity index (χ1n) is 28.4. The van der Waals surface area contributed by atoms with E-state index in [1.54, 1.807) is 33.4 Å². The number of nitrogens with zero attached hydrogens (tertiary/aromatic N) is 2. The number of benzene rings is 11. The van der Waals surface area contributed by atoms with E-state index in [4.69, 9.17) is 0 Å². The molecule has 3 heteroatoms. The first-order valence-corrected chi connectivity index (χ1v) is 28.4. The van der Waals surface area contributed by atoms with Gasteiger partial charge in [0.25, 0.3) is 6.71 Å². The molecule has 0 unspecified atom stereocenters. The van der Waals surface area contributed by atoms with Gasteiger partial charge >= 0.3 is 0 Å². The van der Waals surface area contributed by atoms with Gasteiger partial charge in [0.05, 0.1) is 11.4 Å². The van der Waals surface area contributed by atoms with E-state index in [1.807, 2.05) is 0 Å². The van der Waals surface area contributed by atoms with Crippen molar-refractivity contribution in [1.82, 2.24) is 0 Å². The molecule has 0 amide bonds. The topological polar surface area (TPSA) is 6.48 Å². The Labute approximate surface area is 443 Å². The van der Waals surface area contributed by atoms with Gasteiger partial charge in [0.1, 0.15) is 0 Å². The molecule has 15 rings (SSSR count). The molecule has 11 aromatic carbocycles. The third-order valence-corrected chi connectivity index (χ3v) is 19.3. The van der Waals surface area contributed by atoms with E-state index >= 15 is 0 Å². The van der Waals surface area contributed by atoms with E-state index in [0.29, 0.717) is 0 Å².